The first-order valence-corrected chi connectivity index (χ1v) is 9.72. The van der Waals surface area contributed by atoms with Crippen LogP contribution in [0, 0.1) is 11.6 Å². The van der Waals surface area contributed by atoms with Crippen LogP contribution < -0.4 is 0 Å². The number of nitrogens with zero attached hydrogens (tertiary/aromatic N) is 2. The zero-order valence-electron chi connectivity index (χ0n) is 13.0. The van der Waals surface area contributed by atoms with Gasteiger partial charge in [0.25, 0.3) is 0 Å². The molecule has 0 saturated heterocycles. The summed E-state index contributed by atoms with van der Waals surface area (Å²) in [7, 11) is -4.39. The SMILES string of the molecule is O=S(=O)(c1c(F)cccc1F)N(Cc1ccsc1)Cc1ccccn1. The number of thiophene rings is 1. The minimum Gasteiger partial charge on any atom is -0.260 e. The fourth-order valence-electron chi connectivity index (χ4n) is 2.34. The summed E-state index contributed by atoms with van der Waals surface area (Å²) < 4.78 is 55.0. The first kappa shape index (κ1) is 17.7. The highest BCUT2D eigenvalue weighted by Crippen LogP contribution is 2.25. The van der Waals surface area contributed by atoms with E-state index in [-0.39, 0.29) is 13.1 Å². The molecule has 0 bridgehead atoms. The number of benzene rings is 1. The van der Waals surface area contributed by atoms with Crippen molar-refractivity contribution in [2.75, 3.05) is 0 Å². The first-order valence-electron chi connectivity index (χ1n) is 7.33. The Balaban J connectivity index is 2.03. The van der Waals surface area contributed by atoms with Crippen LogP contribution in [0.4, 0.5) is 8.78 Å². The van der Waals surface area contributed by atoms with Crippen molar-refractivity contribution in [2.24, 2.45) is 0 Å². The lowest BCUT2D eigenvalue weighted by Crippen LogP contribution is -2.31. The largest absolute Gasteiger partial charge is 0.260 e. The Morgan fingerprint density at radius 2 is 1.76 bits per heavy atom. The van der Waals surface area contributed by atoms with E-state index in [4.69, 9.17) is 0 Å². The minimum atomic E-state index is -4.39. The van der Waals surface area contributed by atoms with Gasteiger partial charge in [-0.3, -0.25) is 4.98 Å². The molecule has 130 valence electrons. The average molecular weight is 380 g/mol. The number of aromatic nitrogens is 1. The van der Waals surface area contributed by atoms with Gasteiger partial charge in [0.2, 0.25) is 10.0 Å². The highest BCUT2D eigenvalue weighted by atomic mass is 32.2. The molecule has 0 N–H and O–H groups in total. The summed E-state index contributed by atoms with van der Waals surface area (Å²) in [4.78, 5) is 3.17. The fourth-order valence-corrected chi connectivity index (χ4v) is 4.51. The molecule has 0 aliphatic rings. The smallest absolute Gasteiger partial charge is 0.249 e. The monoisotopic (exact) mass is 380 g/mol. The summed E-state index contributed by atoms with van der Waals surface area (Å²) in [5.74, 6) is -2.23. The van der Waals surface area contributed by atoms with Gasteiger partial charge in [-0.05, 0) is 46.7 Å². The van der Waals surface area contributed by atoms with E-state index < -0.39 is 26.6 Å². The molecule has 2 heterocycles. The summed E-state index contributed by atoms with van der Waals surface area (Å²) in [6.07, 6.45) is 1.54. The van der Waals surface area contributed by atoms with Crippen molar-refractivity contribution < 1.29 is 17.2 Å². The summed E-state index contributed by atoms with van der Waals surface area (Å²) in [6, 6.07) is 9.85. The maximum atomic E-state index is 14.1. The van der Waals surface area contributed by atoms with Crippen LogP contribution in [0.25, 0.3) is 0 Å². The number of halogens is 2. The lowest BCUT2D eigenvalue weighted by molar-refractivity contribution is 0.389. The predicted molar refractivity (Wildman–Crippen MR) is 91.3 cm³/mol. The summed E-state index contributed by atoms with van der Waals surface area (Å²) >= 11 is 1.42. The first-order chi connectivity index (χ1) is 12.0. The van der Waals surface area contributed by atoms with Crippen LogP contribution >= 0.6 is 11.3 Å². The Labute approximate surface area is 148 Å². The van der Waals surface area contributed by atoms with Gasteiger partial charge in [-0.15, -0.1) is 0 Å². The molecule has 3 rings (SSSR count). The molecule has 1 aromatic carbocycles. The highest BCUT2D eigenvalue weighted by Gasteiger charge is 2.31. The molecule has 0 aliphatic carbocycles. The summed E-state index contributed by atoms with van der Waals surface area (Å²) in [5.41, 5.74) is 1.22. The number of sulfonamides is 1. The Morgan fingerprint density at radius 1 is 1.00 bits per heavy atom. The van der Waals surface area contributed by atoms with E-state index >= 15 is 0 Å². The van der Waals surface area contributed by atoms with E-state index in [2.05, 4.69) is 4.98 Å². The molecule has 4 nitrogen and oxygen atoms in total. The van der Waals surface area contributed by atoms with Crippen LogP contribution in [-0.2, 0) is 23.1 Å². The predicted octanol–water partition coefficient (Wildman–Crippen LogP) is 3.81. The fraction of sp³-hybridized carbons (Fsp3) is 0.118. The second-order valence-corrected chi connectivity index (χ2v) is 7.93. The van der Waals surface area contributed by atoms with Crippen molar-refractivity contribution in [1.82, 2.24) is 9.29 Å². The number of pyridine rings is 1. The molecular weight excluding hydrogens is 366 g/mol. The molecule has 0 fully saturated rings. The summed E-state index contributed by atoms with van der Waals surface area (Å²) in [6.45, 7) is -0.0943. The van der Waals surface area contributed by atoms with E-state index in [0.29, 0.717) is 5.69 Å². The lowest BCUT2D eigenvalue weighted by Gasteiger charge is -2.22. The molecule has 0 saturated carbocycles. The Morgan fingerprint density at radius 3 is 2.36 bits per heavy atom. The standard InChI is InChI=1S/C17H14F2N2O2S2/c18-15-5-3-6-16(19)17(15)25(22,23)21(10-13-7-9-24-12-13)11-14-4-1-2-8-20-14/h1-9,12H,10-11H2. The molecule has 2 aromatic heterocycles. The van der Waals surface area contributed by atoms with E-state index in [0.717, 1.165) is 28.1 Å². The molecule has 0 spiro atoms. The molecule has 3 aromatic rings. The Hall–Kier alpha value is -2.16. The van der Waals surface area contributed by atoms with Crippen LogP contribution in [0.2, 0.25) is 0 Å². The topological polar surface area (TPSA) is 50.3 Å². The van der Waals surface area contributed by atoms with Crippen LogP contribution in [0.3, 0.4) is 0 Å². The average Bonchev–Trinajstić information content (AvgIpc) is 3.08. The van der Waals surface area contributed by atoms with Gasteiger partial charge in [-0.1, -0.05) is 12.1 Å². The molecule has 0 radical (unpaired) electrons. The van der Waals surface area contributed by atoms with Crippen molar-refractivity contribution in [2.45, 2.75) is 18.0 Å². The van der Waals surface area contributed by atoms with Crippen molar-refractivity contribution in [3.63, 3.8) is 0 Å². The number of rotatable bonds is 6. The zero-order valence-corrected chi connectivity index (χ0v) is 14.6. The van der Waals surface area contributed by atoms with Crippen molar-refractivity contribution >= 4 is 21.4 Å². The van der Waals surface area contributed by atoms with Gasteiger partial charge in [-0.25, -0.2) is 17.2 Å². The van der Waals surface area contributed by atoms with Crippen molar-refractivity contribution in [1.29, 1.82) is 0 Å². The number of hydrogen-bond acceptors (Lipinski definition) is 4. The molecule has 0 aliphatic heterocycles. The molecule has 25 heavy (non-hydrogen) atoms. The Kier molecular flexibility index (Phi) is 5.22. The molecule has 0 amide bonds. The van der Waals surface area contributed by atoms with Crippen molar-refractivity contribution in [3.8, 4) is 0 Å². The van der Waals surface area contributed by atoms with Gasteiger partial charge >= 0.3 is 0 Å². The third-order valence-electron chi connectivity index (χ3n) is 3.52. The van der Waals surface area contributed by atoms with Gasteiger partial charge in [0.1, 0.15) is 11.6 Å². The van der Waals surface area contributed by atoms with Gasteiger partial charge < -0.3 is 0 Å². The summed E-state index contributed by atoms with van der Waals surface area (Å²) in [5, 5.41) is 3.60. The third kappa shape index (κ3) is 3.92. The molecule has 0 unspecified atom stereocenters. The zero-order chi connectivity index (χ0) is 17.9. The number of hydrogen-bond donors (Lipinski definition) is 0. The van der Waals surface area contributed by atoms with Crippen LogP contribution in [-0.4, -0.2) is 17.7 Å². The molecular formula is C17H14F2N2O2S2. The maximum absolute atomic E-state index is 14.1. The quantitative estimate of drug-likeness (QED) is 0.653. The van der Waals surface area contributed by atoms with E-state index in [1.807, 2.05) is 5.38 Å². The van der Waals surface area contributed by atoms with Gasteiger partial charge in [0.05, 0.1) is 12.2 Å². The Bertz CT molecular complexity index is 926. The van der Waals surface area contributed by atoms with Crippen molar-refractivity contribution in [3.05, 3.63) is 82.3 Å². The third-order valence-corrected chi connectivity index (χ3v) is 6.10. The second kappa shape index (κ2) is 7.38. The van der Waals surface area contributed by atoms with Gasteiger partial charge in [0, 0.05) is 12.7 Å². The van der Waals surface area contributed by atoms with Gasteiger partial charge in [0.15, 0.2) is 4.90 Å². The van der Waals surface area contributed by atoms with Crippen LogP contribution in [0.5, 0.6) is 0 Å². The maximum Gasteiger partial charge on any atom is 0.249 e. The lowest BCUT2D eigenvalue weighted by atomic mass is 10.3. The van der Waals surface area contributed by atoms with E-state index in [1.54, 1.807) is 29.6 Å². The van der Waals surface area contributed by atoms with E-state index in [1.165, 1.54) is 17.5 Å². The second-order valence-electron chi connectivity index (χ2n) is 5.28. The highest BCUT2D eigenvalue weighted by molar-refractivity contribution is 7.89. The minimum absolute atomic E-state index is 0.00379. The normalized spacial score (nSPS) is 11.8. The van der Waals surface area contributed by atoms with Crippen LogP contribution in [0.15, 0.2) is 64.3 Å². The molecule has 8 heteroatoms. The van der Waals surface area contributed by atoms with Gasteiger partial charge in [-0.2, -0.15) is 15.6 Å². The van der Waals surface area contributed by atoms with Crippen LogP contribution in [0.1, 0.15) is 11.3 Å². The molecule has 0 atom stereocenters. The van der Waals surface area contributed by atoms with E-state index in [9.17, 15) is 17.2 Å².